The second kappa shape index (κ2) is 7.77. The molecule has 0 saturated carbocycles. The first-order chi connectivity index (χ1) is 8.62. The number of aliphatic hydroxyl groups is 1. The number of rotatable bonds is 7. The topological polar surface area (TPSA) is 32.3 Å². The van der Waals surface area contributed by atoms with Gasteiger partial charge in [0.1, 0.15) is 5.82 Å². The first-order valence-corrected chi connectivity index (χ1v) is 7.56. The Hall–Kier alpha value is -0.580. The molecule has 1 aromatic rings. The van der Waals surface area contributed by atoms with Gasteiger partial charge in [0, 0.05) is 17.3 Å². The molecule has 0 aliphatic rings. The van der Waals surface area contributed by atoms with Crippen molar-refractivity contribution in [3.8, 4) is 0 Å². The zero-order valence-corrected chi connectivity index (χ0v) is 12.0. The molecule has 0 bridgehead atoms. The van der Waals surface area contributed by atoms with Gasteiger partial charge in [-0.3, -0.25) is 0 Å². The molecule has 2 N–H and O–H groups in total. The van der Waals surface area contributed by atoms with Crippen molar-refractivity contribution in [3.63, 3.8) is 0 Å². The van der Waals surface area contributed by atoms with Crippen molar-refractivity contribution in [3.05, 3.63) is 35.6 Å². The van der Waals surface area contributed by atoms with Crippen LogP contribution in [-0.2, 0) is 0 Å². The molecular weight excluding hydrogens is 249 g/mol. The Bertz CT molecular complexity index is 340. The molecule has 4 heteroatoms. The summed E-state index contributed by atoms with van der Waals surface area (Å²) < 4.78 is 12.9. The molecule has 0 amide bonds. The van der Waals surface area contributed by atoms with Gasteiger partial charge in [0.25, 0.3) is 0 Å². The SMILES string of the molecule is CCC(NC(C)C(CO)SC)c1ccc(F)cc1. The minimum Gasteiger partial charge on any atom is -0.395 e. The Balaban J connectivity index is 2.69. The van der Waals surface area contributed by atoms with E-state index in [4.69, 9.17) is 0 Å². The zero-order chi connectivity index (χ0) is 13.5. The lowest BCUT2D eigenvalue weighted by Crippen LogP contribution is -2.39. The summed E-state index contributed by atoms with van der Waals surface area (Å²) in [5.41, 5.74) is 1.09. The first kappa shape index (κ1) is 15.5. The molecule has 2 nitrogen and oxygen atoms in total. The second-order valence-electron chi connectivity index (χ2n) is 4.42. The van der Waals surface area contributed by atoms with E-state index >= 15 is 0 Å². The third-order valence-electron chi connectivity index (χ3n) is 3.19. The van der Waals surface area contributed by atoms with Crippen molar-refractivity contribution in [2.45, 2.75) is 37.6 Å². The van der Waals surface area contributed by atoms with Crippen molar-refractivity contribution in [1.82, 2.24) is 5.32 Å². The Kier molecular flexibility index (Phi) is 6.68. The molecule has 0 saturated heterocycles. The Labute approximate surface area is 113 Å². The van der Waals surface area contributed by atoms with E-state index in [-0.39, 0.29) is 29.8 Å². The summed E-state index contributed by atoms with van der Waals surface area (Å²) in [6.07, 6.45) is 2.93. The number of hydrogen-bond donors (Lipinski definition) is 2. The van der Waals surface area contributed by atoms with E-state index in [9.17, 15) is 9.50 Å². The Morgan fingerprint density at radius 3 is 2.39 bits per heavy atom. The summed E-state index contributed by atoms with van der Waals surface area (Å²) in [7, 11) is 0. The quantitative estimate of drug-likeness (QED) is 0.799. The van der Waals surface area contributed by atoms with Crippen LogP contribution >= 0.6 is 11.8 Å². The molecule has 0 aliphatic carbocycles. The zero-order valence-electron chi connectivity index (χ0n) is 11.2. The second-order valence-corrected chi connectivity index (χ2v) is 5.50. The molecule has 0 spiro atoms. The molecule has 0 radical (unpaired) electrons. The highest BCUT2D eigenvalue weighted by Gasteiger charge is 2.19. The molecule has 0 aliphatic heterocycles. The van der Waals surface area contributed by atoms with Crippen LogP contribution in [0.3, 0.4) is 0 Å². The van der Waals surface area contributed by atoms with Crippen molar-refractivity contribution in [2.75, 3.05) is 12.9 Å². The predicted octanol–water partition coefficient (Wildman–Crippen LogP) is 2.98. The van der Waals surface area contributed by atoms with Gasteiger partial charge < -0.3 is 10.4 Å². The smallest absolute Gasteiger partial charge is 0.123 e. The number of thioether (sulfide) groups is 1. The van der Waals surface area contributed by atoms with E-state index in [0.29, 0.717) is 0 Å². The van der Waals surface area contributed by atoms with E-state index in [1.54, 1.807) is 11.8 Å². The van der Waals surface area contributed by atoms with Crippen molar-refractivity contribution in [2.24, 2.45) is 0 Å². The summed E-state index contributed by atoms with van der Waals surface area (Å²) in [4.78, 5) is 0. The molecule has 0 aromatic heterocycles. The molecule has 0 fully saturated rings. The number of halogens is 1. The highest BCUT2D eigenvalue weighted by atomic mass is 32.2. The molecule has 102 valence electrons. The van der Waals surface area contributed by atoms with Gasteiger partial charge in [-0.15, -0.1) is 0 Å². The number of aliphatic hydroxyl groups excluding tert-OH is 1. The molecular formula is C14H22FNOS. The third-order valence-corrected chi connectivity index (χ3v) is 4.35. The monoisotopic (exact) mass is 271 g/mol. The molecule has 3 unspecified atom stereocenters. The minimum atomic E-state index is -0.209. The van der Waals surface area contributed by atoms with E-state index in [1.165, 1.54) is 12.1 Å². The predicted molar refractivity (Wildman–Crippen MR) is 76.4 cm³/mol. The van der Waals surface area contributed by atoms with Crippen LogP contribution in [0, 0.1) is 5.82 Å². The average molecular weight is 271 g/mol. The fraction of sp³-hybridized carbons (Fsp3) is 0.571. The van der Waals surface area contributed by atoms with Crippen LogP contribution in [0.5, 0.6) is 0 Å². The van der Waals surface area contributed by atoms with Crippen LogP contribution < -0.4 is 5.32 Å². The number of benzene rings is 1. The lowest BCUT2D eigenvalue weighted by molar-refractivity contribution is 0.269. The van der Waals surface area contributed by atoms with E-state index in [0.717, 1.165) is 12.0 Å². The maximum atomic E-state index is 12.9. The molecule has 0 heterocycles. The maximum Gasteiger partial charge on any atom is 0.123 e. The highest BCUT2D eigenvalue weighted by Crippen LogP contribution is 2.20. The molecule has 18 heavy (non-hydrogen) atoms. The van der Waals surface area contributed by atoms with Gasteiger partial charge in [-0.2, -0.15) is 11.8 Å². The molecule has 1 aromatic carbocycles. The standard InChI is InChI=1S/C14H22FNOS/c1-4-13(11-5-7-12(15)8-6-11)16-10(2)14(9-17)18-3/h5-8,10,13-14,16-17H,4,9H2,1-3H3. The van der Waals surface area contributed by atoms with Crippen molar-refractivity contribution in [1.29, 1.82) is 0 Å². The van der Waals surface area contributed by atoms with Gasteiger partial charge in [0.2, 0.25) is 0 Å². The molecule has 1 rings (SSSR count). The Morgan fingerprint density at radius 2 is 1.94 bits per heavy atom. The van der Waals surface area contributed by atoms with E-state index < -0.39 is 0 Å². The fourth-order valence-corrected chi connectivity index (χ4v) is 2.64. The van der Waals surface area contributed by atoms with Crippen LogP contribution in [0.4, 0.5) is 4.39 Å². The Morgan fingerprint density at radius 1 is 1.33 bits per heavy atom. The van der Waals surface area contributed by atoms with Gasteiger partial charge >= 0.3 is 0 Å². The lowest BCUT2D eigenvalue weighted by atomic mass is 10.0. The van der Waals surface area contributed by atoms with Crippen LogP contribution in [0.25, 0.3) is 0 Å². The van der Waals surface area contributed by atoms with Gasteiger partial charge in [0.15, 0.2) is 0 Å². The lowest BCUT2D eigenvalue weighted by Gasteiger charge is -2.27. The summed E-state index contributed by atoms with van der Waals surface area (Å²) in [5.74, 6) is -0.209. The summed E-state index contributed by atoms with van der Waals surface area (Å²) in [6, 6.07) is 7.01. The molecule has 3 atom stereocenters. The summed E-state index contributed by atoms with van der Waals surface area (Å²) in [6.45, 7) is 4.33. The van der Waals surface area contributed by atoms with Crippen LogP contribution in [-0.4, -0.2) is 29.3 Å². The van der Waals surface area contributed by atoms with Gasteiger partial charge in [-0.05, 0) is 37.3 Å². The number of hydrogen-bond acceptors (Lipinski definition) is 3. The minimum absolute atomic E-state index is 0.162. The van der Waals surface area contributed by atoms with Gasteiger partial charge in [-0.1, -0.05) is 19.1 Å². The van der Waals surface area contributed by atoms with Gasteiger partial charge in [0.05, 0.1) is 6.61 Å². The van der Waals surface area contributed by atoms with E-state index in [2.05, 4.69) is 19.2 Å². The van der Waals surface area contributed by atoms with Crippen molar-refractivity contribution >= 4 is 11.8 Å². The van der Waals surface area contributed by atoms with Crippen LogP contribution in [0.2, 0.25) is 0 Å². The van der Waals surface area contributed by atoms with E-state index in [1.807, 2.05) is 18.4 Å². The van der Waals surface area contributed by atoms with Crippen LogP contribution in [0.1, 0.15) is 31.9 Å². The average Bonchev–Trinajstić information content (AvgIpc) is 2.38. The van der Waals surface area contributed by atoms with Crippen molar-refractivity contribution < 1.29 is 9.50 Å². The fourth-order valence-electron chi connectivity index (χ4n) is 2.01. The van der Waals surface area contributed by atoms with Gasteiger partial charge in [-0.25, -0.2) is 4.39 Å². The highest BCUT2D eigenvalue weighted by molar-refractivity contribution is 7.99. The number of nitrogens with one attached hydrogen (secondary N) is 1. The first-order valence-electron chi connectivity index (χ1n) is 6.27. The largest absolute Gasteiger partial charge is 0.395 e. The summed E-state index contributed by atoms with van der Waals surface area (Å²) >= 11 is 1.66. The maximum absolute atomic E-state index is 12.9. The van der Waals surface area contributed by atoms with Crippen LogP contribution in [0.15, 0.2) is 24.3 Å². The normalized spacial score (nSPS) is 16.3. The summed E-state index contributed by atoms with van der Waals surface area (Å²) in [5, 5.41) is 13.0. The third kappa shape index (κ3) is 4.26.